The van der Waals surface area contributed by atoms with E-state index in [9.17, 15) is 4.39 Å². The molecule has 142 valence electrons. The maximum absolute atomic E-state index is 14.2. The van der Waals surface area contributed by atoms with E-state index in [1.807, 2.05) is 25.3 Å². The zero-order valence-corrected chi connectivity index (χ0v) is 16.6. The Hall–Kier alpha value is -2.33. The summed E-state index contributed by atoms with van der Waals surface area (Å²) in [7, 11) is 0. The minimum absolute atomic E-state index is 0.163. The molecule has 3 nitrogen and oxygen atoms in total. The molecule has 1 atom stereocenters. The zero-order valence-electron chi connectivity index (χ0n) is 16.6. The number of aryl methyl sites for hydroxylation is 1. The van der Waals surface area contributed by atoms with Gasteiger partial charge >= 0.3 is 0 Å². The highest BCUT2D eigenvalue weighted by atomic mass is 19.1. The minimum atomic E-state index is -0.163. The van der Waals surface area contributed by atoms with E-state index in [1.54, 1.807) is 6.07 Å². The van der Waals surface area contributed by atoms with Gasteiger partial charge in [0.15, 0.2) is 0 Å². The van der Waals surface area contributed by atoms with Crippen LogP contribution in [0.2, 0.25) is 0 Å². The molecule has 0 bridgehead atoms. The lowest BCUT2D eigenvalue weighted by atomic mass is 10.1. The first-order valence-electron chi connectivity index (χ1n) is 9.83. The van der Waals surface area contributed by atoms with Gasteiger partial charge in [0.2, 0.25) is 0 Å². The van der Waals surface area contributed by atoms with Crippen molar-refractivity contribution in [2.24, 2.45) is 0 Å². The van der Waals surface area contributed by atoms with E-state index in [-0.39, 0.29) is 5.82 Å². The lowest BCUT2D eigenvalue weighted by molar-refractivity contribution is 0.148. The number of aromatic nitrogens is 1. The first-order chi connectivity index (χ1) is 13.0. The number of halogens is 1. The second-order valence-electron chi connectivity index (χ2n) is 7.96. The molecule has 1 aliphatic heterocycles. The first-order valence-corrected chi connectivity index (χ1v) is 9.83. The van der Waals surface area contributed by atoms with E-state index in [2.05, 4.69) is 59.4 Å². The summed E-state index contributed by atoms with van der Waals surface area (Å²) >= 11 is 0. The number of fused-ring (bicyclic) bond motifs is 1. The van der Waals surface area contributed by atoms with Gasteiger partial charge in [-0.05, 0) is 63.6 Å². The third-order valence-corrected chi connectivity index (χ3v) is 5.81. The van der Waals surface area contributed by atoms with Crippen molar-refractivity contribution in [1.29, 1.82) is 0 Å². The highest BCUT2D eigenvalue weighted by molar-refractivity contribution is 5.85. The van der Waals surface area contributed by atoms with Crippen molar-refractivity contribution < 1.29 is 4.39 Å². The molecule has 0 spiro atoms. The number of nitrogens with zero attached hydrogens (tertiary/aromatic N) is 3. The smallest absolute Gasteiger partial charge is 0.132 e. The van der Waals surface area contributed by atoms with Crippen molar-refractivity contribution in [3.05, 3.63) is 60.0 Å². The second kappa shape index (κ2) is 7.01. The van der Waals surface area contributed by atoms with Crippen molar-refractivity contribution in [3.63, 3.8) is 0 Å². The van der Waals surface area contributed by atoms with Crippen LogP contribution < -0.4 is 4.90 Å². The van der Waals surface area contributed by atoms with Crippen LogP contribution in [0.5, 0.6) is 0 Å². The number of anilines is 1. The van der Waals surface area contributed by atoms with Crippen LogP contribution in [0.25, 0.3) is 16.6 Å². The van der Waals surface area contributed by atoms with Gasteiger partial charge in [0.05, 0.1) is 5.52 Å². The van der Waals surface area contributed by atoms with Crippen LogP contribution in [0, 0.1) is 12.7 Å². The van der Waals surface area contributed by atoms with Crippen molar-refractivity contribution in [1.82, 2.24) is 9.47 Å². The Labute approximate surface area is 161 Å². The predicted octanol–water partition coefficient (Wildman–Crippen LogP) is 5.00. The van der Waals surface area contributed by atoms with E-state index in [1.165, 1.54) is 5.69 Å². The van der Waals surface area contributed by atoms with Crippen molar-refractivity contribution in [2.75, 3.05) is 24.5 Å². The number of rotatable bonds is 3. The molecule has 1 aliphatic rings. The Morgan fingerprint density at radius 3 is 2.56 bits per heavy atom. The van der Waals surface area contributed by atoms with E-state index >= 15 is 0 Å². The molecule has 4 heteroatoms. The molecule has 2 heterocycles. The summed E-state index contributed by atoms with van der Waals surface area (Å²) in [5.74, 6) is -0.163. The fourth-order valence-electron chi connectivity index (χ4n) is 4.42. The van der Waals surface area contributed by atoms with Crippen LogP contribution in [0.15, 0.2) is 48.7 Å². The van der Waals surface area contributed by atoms with E-state index in [0.717, 1.165) is 36.4 Å². The molecular weight excluding hydrogens is 337 g/mol. The molecule has 3 aromatic rings. The van der Waals surface area contributed by atoms with Crippen LogP contribution in [-0.4, -0.2) is 41.2 Å². The largest absolute Gasteiger partial charge is 0.369 e. The summed E-state index contributed by atoms with van der Waals surface area (Å²) in [6.07, 6.45) is 1.97. The zero-order chi connectivity index (χ0) is 19.1. The SMILES string of the molecule is Cc1ccc(F)c2ccn(-c3cccc(N4CCN(C(C)C)C(C)C4)c3)c12. The molecule has 2 aromatic carbocycles. The Kier molecular flexibility index (Phi) is 4.68. The van der Waals surface area contributed by atoms with E-state index in [0.29, 0.717) is 17.5 Å². The number of benzene rings is 2. The van der Waals surface area contributed by atoms with Crippen molar-refractivity contribution in [3.8, 4) is 5.69 Å². The van der Waals surface area contributed by atoms with Gasteiger partial charge in [0, 0.05) is 54.7 Å². The standard InChI is InChI=1S/C23H28FN3/c1-16(2)26-13-12-25(15-18(26)4)19-6-5-7-20(14-19)27-11-10-21-22(24)9-8-17(3)23(21)27/h5-11,14,16,18H,12-13,15H2,1-4H3. The van der Waals surface area contributed by atoms with Gasteiger partial charge < -0.3 is 9.47 Å². The monoisotopic (exact) mass is 365 g/mol. The third kappa shape index (κ3) is 3.23. The topological polar surface area (TPSA) is 11.4 Å². The lowest BCUT2D eigenvalue weighted by Gasteiger charge is -2.43. The molecule has 1 aromatic heterocycles. The van der Waals surface area contributed by atoms with Crippen LogP contribution in [-0.2, 0) is 0 Å². The van der Waals surface area contributed by atoms with Crippen LogP contribution in [0.4, 0.5) is 10.1 Å². The van der Waals surface area contributed by atoms with Gasteiger partial charge in [-0.1, -0.05) is 12.1 Å². The normalized spacial score (nSPS) is 18.6. The Bertz CT molecular complexity index is 959. The van der Waals surface area contributed by atoms with Gasteiger partial charge in [-0.3, -0.25) is 4.90 Å². The van der Waals surface area contributed by atoms with Gasteiger partial charge in [-0.2, -0.15) is 0 Å². The van der Waals surface area contributed by atoms with Gasteiger partial charge in [-0.25, -0.2) is 4.39 Å². The van der Waals surface area contributed by atoms with Crippen molar-refractivity contribution in [2.45, 2.75) is 39.8 Å². The highest BCUT2D eigenvalue weighted by Crippen LogP contribution is 2.28. The van der Waals surface area contributed by atoms with E-state index in [4.69, 9.17) is 0 Å². The Morgan fingerprint density at radius 2 is 1.81 bits per heavy atom. The second-order valence-corrected chi connectivity index (χ2v) is 7.96. The summed E-state index contributed by atoms with van der Waals surface area (Å²) < 4.78 is 16.3. The fraction of sp³-hybridized carbons (Fsp3) is 0.391. The third-order valence-electron chi connectivity index (χ3n) is 5.81. The highest BCUT2D eigenvalue weighted by Gasteiger charge is 2.25. The number of hydrogen-bond donors (Lipinski definition) is 0. The van der Waals surface area contributed by atoms with E-state index < -0.39 is 0 Å². The summed E-state index contributed by atoms with van der Waals surface area (Å²) in [6.45, 7) is 12.0. The van der Waals surface area contributed by atoms with Crippen LogP contribution >= 0.6 is 0 Å². The maximum Gasteiger partial charge on any atom is 0.132 e. The van der Waals surface area contributed by atoms with Crippen LogP contribution in [0.1, 0.15) is 26.3 Å². The molecule has 27 heavy (non-hydrogen) atoms. The molecule has 0 saturated carbocycles. The molecule has 1 fully saturated rings. The number of piperazine rings is 1. The lowest BCUT2D eigenvalue weighted by Crippen LogP contribution is -2.54. The fourth-order valence-corrected chi connectivity index (χ4v) is 4.42. The van der Waals surface area contributed by atoms with Gasteiger partial charge in [0.1, 0.15) is 5.82 Å². The summed E-state index contributed by atoms with van der Waals surface area (Å²) in [4.78, 5) is 5.03. The molecular formula is C23H28FN3. The molecule has 1 saturated heterocycles. The maximum atomic E-state index is 14.2. The predicted molar refractivity (Wildman–Crippen MR) is 111 cm³/mol. The summed E-state index contributed by atoms with van der Waals surface area (Å²) in [6, 6.07) is 15.0. The molecule has 0 aliphatic carbocycles. The van der Waals surface area contributed by atoms with Crippen LogP contribution in [0.3, 0.4) is 0 Å². The average Bonchev–Trinajstić information content (AvgIpc) is 3.11. The summed E-state index contributed by atoms with van der Waals surface area (Å²) in [5, 5.41) is 0.680. The Morgan fingerprint density at radius 1 is 1.04 bits per heavy atom. The first kappa shape index (κ1) is 18.1. The summed E-state index contributed by atoms with van der Waals surface area (Å²) in [5.41, 5.74) is 4.35. The van der Waals surface area contributed by atoms with Crippen molar-refractivity contribution >= 4 is 16.6 Å². The molecule has 1 unspecified atom stereocenters. The number of hydrogen-bond acceptors (Lipinski definition) is 2. The quantitative estimate of drug-likeness (QED) is 0.647. The Balaban J connectivity index is 1.68. The minimum Gasteiger partial charge on any atom is -0.369 e. The molecule has 0 radical (unpaired) electrons. The van der Waals surface area contributed by atoms with Gasteiger partial charge in [0.25, 0.3) is 0 Å². The molecule has 0 amide bonds. The van der Waals surface area contributed by atoms with Gasteiger partial charge in [-0.15, -0.1) is 0 Å². The molecule has 0 N–H and O–H groups in total. The molecule has 4 rings (SSSR count). The average molecular weight is 365 g/mol.